The van der Waals surface area contributed by atoms with Crippen LogP contribution in [0.5, 0.6) is 11.5 Å². The van der Waals surface area contributed by atoms with Crippen LogP contribution in [0, 0.1) is 11.3 Å². The molecule has 0 saturated carbocycles. The lowest BCUT2D eigenvalue weighted by molar-refractivity contribution is -0.112. The Morgan fingerprint density at radius 1 is 1.15 bits per heavy atom. The number of halogens is 1. The van der Waals surface area contributed by atoms with E-state index in [1.807, 2.05) is 30.3 Å². The van der Waals surface area contributed by atoms with Crippen LogP contribution in [-0.4, -0.2) is 13.0 Å². The van der Waals surface area contributed by atoms with Crippen molar-refractivity contribution in [2.75, 3.05) is 12.4 Å². The maximum absolute atomic E-state index is 12.6. The van der Waals surface area contributed by atoms with Crippen molar-refractivity contribution in [1.29, 1.82) is 5.26 Å². The maximum Gasteiger partial charge on any atom is 0.266 e. The van der Waals surface area contributed by atoms with Gasteiger partial charge in [0.1, 0.15) is 18.2 Å². The highest BCUT2D eigenvalue weighted by atomic mass is 35.5. The van der Waals surface area contributed by atoms with Crippen molar-refractivity contribution in [3.63, 3.8) is 0 Å². The fourth-order valence-electron chi connectivity index (χ4n) is 3.16. The molecule has 0 aliphatic rings. The van der Waals surface area contributed by atoms with Crippen molar-refractivity contribution in [2.24, 2.45) is 0 Å². The number of methoxy groups -OCH3 is 1. The van der Waals surface area contributed by atoms with E-state index in [0.29, 0.717) is 40.8 Å². The van der Waals surface area contributed by atoms with Crippen LogP contribution in [0.15, 0.2) is 85.0 Å². The fraction of sp³-hybridized carbons (Fsp3) is 0.111. The molecule has 166 valence electrons. The second-order valence-electron chi connectivity index (χ2n) is 7.11. The van der Waals surface area contributed by atoms with Gasteiger partial charge in [0.25, 0.3) is 5.91 Å². The van der Waals surface area contributed by atoms with E-state index < -0.39 is 5.91 Å². The number of hydrogen-bond acceptors (Lipinski definition) is 4. The van der Waals surface area contributed by atoms with E-state index in [1.54, 1.807) is 55.7 Å². The lowest BCUT2D eigenvalue weighted by Crippen LogP contribution is -2.13. The predicted octanol–water partition coefficient (Wildman–Crippen LogP) is 6.20. The van der Waals surface area contributed by atoms with Gasteiger partial charge in [-0.2, -0.15) is 5.26 Å². The topological polar surface area (TPSA) is 71.4 Å². The van der Waals surface area contributed by atoms with Crippen LogP contribution in [-0.2, 0) is 17.8 Å². The number of para-hydroxylation sites is 1. The van der Waals surface area contributed by atoms with E-state index in [-0.39, 0.29) is 5.57 Å². The van der Waals surface area contributed by atoms with Gasteiger partial charge in [-0.05, 0) is 60.0 Å². The van der Waals surface area contributed by atoms with E-state index in [4.69, 9.17) is 21.1 Å². The largest absolute Gasteiger partial charge is 0.493 e. The Kier molecular flexibility index (Phi) is 8.29. The Labute approximate surface area is 198 Å². The Morgan fingerprint density at radius 3 is 2.52 bits per heavy atom. The number of nitriles is 1. The number of benzene rings is 3. The molecule has 33 heavy (non-hydrogen) atoms. The van der Waals surface area contributed by atoms with E-state index in [2.05, 4.69) is 11.9 Å². The minimum absolute atomic E-state index is 0.0275. The SMILES string of the molecule is C=CCc1cc(/C=C(/C#N)C(=O)Nc2ccccc2)cc(OC)c1OCc1ccc(Cl)cc1. The molecule has 0 unspecified atom stereocenters. The molecule has 6 heteroatoms. The number of carbonyl (C=O) groups excluding carboxylic acids is 1. The van der Waals surface area contributed by atoms with Gasteiger partial charge in [-0.15, -0.1) is 6.58 Å². The first kappa shape index (κ1) is 23.6. The molecular weight excluding hydrogens is 436 g/mol. The first-order valence-corrected chi connectivity index (χ1v) is 10.6. The average Bonchev–Trinajstić information content (AvgIpc) is 2.83. The Morgan fingerprint density at radius 2 is 1.88 bits per heavy atom. The molecular formula is C27H23ClN2O3. The van der Waals surface area contributed by atoms with Crippen molar-refractivity contribution in [1.82, 2.24) is 0 Å². The number of anilines is 1. The van der Waals surface area contributed by atoms with Crippen LogP contribution >= 0.6 is 11.6 Å². The summed E-state index contributed by atoms with van der Waals surface area (Å²) >= 11 is 5.95. The molecule has 3 aromatic rings. The molecule has 3 rings (SSSR count). The van der Waals surface area contributed by atoms with Gasteiger partial charge in [0.05, 0.1) is 7.11 Å². The monoisotopic (exact) mass is 458 g/mol. The minimum Gasteiger partial charge on any atom is -0.493 e. The molecule has 0 saturated heterocycles. The van der Waals surface area contributed by atoms with Crippen LogP contribution in [0.3, 0.4) is 0 Å². The average molecular weight is 459 g/mol. The smallest absolute Gasteiger partial charge is 0.266 e. The second kappa shape index (κ2) is 11.6. The molecule has 0 fully saturated rings. The van der Waals surface area contributed by atoms with Crippen molar-refractivity contribution in [2.45, 2.75) is 13.0 Å². The summed E-state index contributed by atoms with van der Waals surface area (Å²) in [7, 11) is 1.54. The van der Waals surface area contributed by atoms with Crippen LogP contribution in [0.25, 0.3) is 6.08 Å². The number of carbonyl (C=O) groups is 1. The van der Waals surface area contributed by atoms with E-state index in [1.165, 1.54) is 6.08 Å². The van der Waals surface area contributed by atoms with Gasteiger partial charge in [0, 0.05) is 16.3 Å². The Hall–Kier alpha value is -4.01. The van der Waals surface area contributed by atoms with Gasteiger partial charge in [0.15, 0.2) is 11.5 Å². The number of hydrogen-bond donors (Lipinski definition) is 1. The van der Waals surface area contributed by atoms with Gasteiger partial charge in [-0.25, -0.2) is 0 Å². The first-order chi connectivity index (χ1) is 16.0. The van der Waals surface area contributed by atoms with Crippen LogP contribution < -0.4 is 14.8 Å². The number of allylic oxidation sites excluding steroid dienone is 1. The number of nitrogens with zero attached hydrogens (tertiary/aromatic N) is 1. The summed E-state index contributed by atoms with van der Waals surface area (Å²) in [5.41, 5.74) is 3.01. The van der Waals surface area contributed by atoms with Gasteiger partial charge in [0.2, 0.25) is 0 Å². The number of nitrogens with one attached hydrogen (secondary N) is 1. The molecule has 0 radical (unpaired) electrons. The molecule has 1 amide bonds. The highest BCUT2D eigenvalue weighted by molar-refractivity contribution is 6.30. The summed E-state index contributed by atoms with van der Waals surface area (Å²) in [5, 5.41) is 12.9. The predicted molar refractivity (Wildman–Crippen MR) is 131 cm³/mol. The van der Waals surface area contributed by atoms with Gasteiger partial charge in [-0.3, -0.25) is 4.79 Å². The molecule has 0 aromatic heterocycles. The van der Waals surface area contributed by atoms with E-state index in [0.717, 1.165) is 11.1 Å². The third-order valence-electron chi connectivity index (χ3n) is 4.74. The van der Waals surface area contributed by atoms with Crippen molar-refractivity contribution in [3.8, 4) is 17.6 Å². The summed E-state index contributed by atoms with van der Waals surface area (Å²) in [6.45, 7) is 4.15. The normalized spacial score (nSPS) is 10.8. The van der Waals surface area contributed by atoms with Crippen molar-refractivity contribution >= 4 is 29.3 Å². The summed E-state index contributed by atoms with van der Waals surface area (Å²) < 4.78 is 11.6. The van der Waals surface area contributed by atoms with Crippen LogP contribution in [0.1, 0.15) is 16.7 Å². The van der Waals surface area contributed by atoms with Gasteiger partial charge >= 0.3 is 0 Å². The lowest BCUT2D eigenvalue weighted by Gasteiger charge is -2.16. The zero-order valence-corrected chi connectivity index (χ0v) is 18.9. The fourth-order valence-corrected chi connectivity index (χ4v) is 3.29. The maximum atomic E-state index is 12.6. The zero-order valence-electron chi connectivity index (χ0n) is 18.2. The lowest BCUT2D eigenvalue weighted by atomic mass is 10.0. The van der Waals surface area contributed by atoms with Gasteiger partial charge in [-0.1, -0.05) is 48.0 Å². The molecule has 0 atom stereocenters. The molecule has 5 nitrogen and oxygen atoms in total. The summed E-state index contributed by atoms with van der Waals surface area (Å²) in [4.78, 5) is 12.6. The van der Waals surface area contributed by atoms with E-state index in [9.17, 15) is 10.1 Å². The number of ether oxygens (including phenoxy) is 2. The van der Waals surface area contributed by atoms with Crippen LogP contribution in [0.4, 0.5) is 5.69 Å². The number of rotatable bonds is 9. The Bertz CT molecular complexity index is 1200. The van der Waals surface area contributed by atoms with Crippen molar-refractivity contribution < 1.29 is 14.3 Å². The zero-order chi connectivity index (χ0) is 23.6. The summed E-state index contributed by atoms with van der Waals surface area (Å²) in [6, 6.07) is 21.9. The number of amides is 1. The molecule has 0 bridgehead atoms. The Balaban J connectivity index is 1.89. The summed E-state index contributed by atoms with van der Waals surface area (Å²) in [6.07, 6.45) is 3.80. The third-order valence-corrected chi connectivity index (χ3v) is 4.99. The standard InChI is InChI=1S/C27H23ClN2O3/c1-3-7-21-14-20(15-22(17-29)27(31)30-24-8-5-4-6-9-24)16-25(32-2)26(21)33-18-19-10-12-23(28)13-11-19/h3-6,8-16H,1,7,18H2,2H3,(H,30,31)/b22-15-. The summed E-state index contributed by atoms with van der Waals surface area (Å²) in [5.74, 6) is 0.586. The highest BCUT2D eigenvalue weighted by Gasteiger charge is 2.15. The highest BCUT2D eigenvalue weighted by Crippen LogP contribution is 2.35. The molecule has 0 spiro atoms. The quantitative estimate of drug-likeness (QED) is 0.235. The van der Waals surface area contributed by atoms with E-state index >= 15 is 0 Å². The molecule has 0 heterocycles. The van der Waals surface area contributed by atoms with Crippen LogP contribution in [0.2, 0.25) is 5.02 Å². The molecule has 0 aliphatic heterocycles. The molecule has 3 aromatic carbocycles. The second-order valence-corrected chi connectivity index (χ2v) is 7.55. The minimum atomic E-state index is -0.490. The molecule has 0 aliphatic carbocycles. The third kappa shape index (κ3) is 6.49. The van der Waals surface area contributed by atoms with Crippen molar-refractivity contribution in [3.05, 3.63) is 107 Å². The van der Waals surface area contributed by atoms with Gasteiger partial charge < -0.3 is 14.8 Å². The molecule has 1 N–H and O–H groups in total. The first-order valence-electron chi connectivity index (χ1n) is 10.2.